The predicted molar refractivity (Wildman–Crippen MR) is 48.4 cm³/mol. The van der Waals surface area contributed by atoms with Crippen LogP contribution < -0.4 is 16.8 Å². The van der Waals surface area contributed by atoms with Crippen molar-refractivity contribution in [3.05, 3.63) is 24.3 Å². The van der Waals surface area contributed by atoms with Crippen LogP contribution in [0.5, 0.6) is 0 Å². The number of para-hydroxylation sites is 2. The van der Waals surface area contributed by atoms with Crippen LogP contribution in [0.4, 0.5) is 11.4 Å². The van der Waals surface area contributed by atoms with E-state index in [0.29, 0.717) is 6.54 Å². The molecule has 0 aliphatic carbocycles. The minimum atomic E-state index is 0.619. The summed E-state index contributed by atoms with van der Waals surface area (Å²) in [5, 5.41) is 3.11. The maximum absolute atomic E-state index is 5.66. The molecule has 3 nitrogen and oxygen atoms in total. The number of hydrogen-bond donors (Lipinski definition) is 3. The Labute approximate surface area is 66.4 Å². The van der Waals surface area contributed by atoms with Gasteiger partial charge in [0.2, 0.25) is 0 Å². The molecule has 0 heterocycles. The fraction of sp³-hybridized carbons (Fsp3) is 0.250. The molecule has 0 radical (unpaired) electrons. The molecule has 11 heavy (non-hydrogen) atoms. The zero-order valence-electron chi connectivity index (χ0n) is 6.38. The number of nitrogen functional groups attached to an aromatic ring is 1. The van der Waals surface area contributed by atoms with Gasteiger partial charge in [-0.25, -0.2) is 0 Å². The molecule has 0 bridgehead atoms. The Kier molecular flexibility index (Phi) is 2.74. The normalized spacial score (nSPS) is 9.55. The van der Waals surface area contributed by atoms with Crippen molar-refractivity contribution in [2.45, 2.75) is 0 Å². The number of anilines is 2. The van der Waals surface area contributed by atoms with Crippen LogP contribution in [0.3, 0.4) is 0 Å². The maximum atomic E-state index is 5.66. The molecule has 0 atom stereocenters. The van der Waals surface area contributed by atoms with E-state index >= 15 is 0 Å². The Morgan fingerprint density at radius 3 is 2.64 bits per heavy atom. The van der Waals surface area contributed by atoms with Gasteiger partial charge < -0.3 is 16.8 Å². The molecule has 0 fully saturated rings. The third-order valence-electron chi connectivity index (χ3n) is 1.42. The summed E-state index contributed by atoms with van der Waals surface area (Å²) in [6, 6.07) is 7.64. The summed E-state index contributed by atoms with van der Waals surface area (Å²) < 4.78 is 0. The molecule has 1 rings (SSSR count). The van der Waals surface area contributed by atoms with Crippen LogP contribution >= 0.6 is 0 Å². The van der Waals surface area contributed by atoms with E-state index in [4.69, 9.17) is 11.5 Å². The van der Waals surface area contributed by atoms with Crippen molar-refractivity contribution in [3.63, 3.8) is 0 Å². The van der Waals surface area contributed by atoms with Gasteiger partial charge in [0.1, 0.15) is 0 Å². The van der Waals surface area contributed by atoms with Crippen LogP contribution in [0.2, 0.25) is 0 Å². The van der Waals surface area contributed by atoms with Crippen LogP contribution in [0.15, 0.2) is 24.3 Å². The molecule has 0 spiro atoms. The molecule has 1 aromatic carbocycles. The van der Waals surface area contributed by atoms with E-state index in [2.05, 4.69) is 5.32 Å². The first-order chi connectivity index (χ1) is 5.34. The molecule has 0 saturated carbocycles. The summed E-state index contributed by atoms with van der Waals surface area (Å²) in [6.07, 6.45) is 0. The topological polar surface area (TPSA) is 64.1 Å². The highest BCUT2D eigenvalue weighted by Gasteiger charge is 1.93. The summed E-state index contributed by atoms with van der Waals surface area (Å²) in [4.78, 5) is 0. The second-order valence-corrected chi connectivity index (χ2v) is 2.30. The monoisotopic (exact) mass is 151 g/mol. The first-order valence-electron chi connectivity index (χ1n) is 3.63. The van der Waals surface area contributed by atoms with Gasteiger partial charge in [-0.3, -0.25) is 0 Å². The van der Waals surface area contributed by atoms with Gasteiger partial charge in [0.05, 0.1) is 11.4 Å². The lowest BCUT2D eigenvalue weighted by molar-refractivity contribution is 1.03. The highest BCUT2D eigenvalue weighted by atomic mass is 14.9. The standard InChI is InChI=1S/C8H13N3/c9-5-6-11-8-4-2-1-3-7(8)10/h1-4,11H,5-6,9-10H2. The van der Waals surface area contributed by atoms with E-state index in [1.807, 2.05) is 24.3 Å². The number of nitrogens with one attached hydrogen (secondary N) is 1. The average Bonchev–Trinajstić information content (AvgIpc) is 2.03. The number of rotatable bonds is 3. The summed E-state index contributed by atoms with van der Waals surface area (Å²) in [5.41, 5.74) is 12.7. The molecule has 0 aliphatic heterocycles. The zero-order valence-corrected chi connectivity index (χ0v) is 6.38. The van der Waals surface area contributed by atoms with Crippen molar-refractivity contribution >= 4 is 11.4 Å². The van der Waals surface area contributed by atoms with Crippen LogP contribution in [0, 0.1) is 0 Å². The molecular weight excluding hydrogens is 138 g/mol. The molecule has 0 aromatic heterocycles. The van der Waals surface area contributed by atoms with Crippen LogP contribution in [-0.4, -0.2) is 13.1 Å². The van der Waals surface area contributed by atoms with Crippen LogP contribution in [-0.2, 0) is 0 Å². The number of nitrogens with two attached hydrogens (primary N) is 2. The van der Waals surface area contributed by atoms with E-state index in [1.165, 1.54) is 0 Å². The SMILES string of the molecule is NCCNc1ccccc1N. The number of hydrogen-bond acceptors (Lipinski definition) is 3. The maximum Gasteiger partial charge on any atom is 0.0574 e. The molecule has 5 N–H and O–H groups in total. The lowest BCUT2D eigenvalue weighted by Gasteiger charge is -2.06. The Balaban J connectivity index is 2.62. The van der Waals surface area contributed by atoms with Crippen molar-refractivity contribution in [2.75, 3.05) is 24.1 Å². The van der Waals surface area contributed by atoms with E-state index < -0.39 is 0 Å². The second kappa shape index (κ2) is 3.83. The van der Waals surface area contributed by atoms with Crippen molar-refractivity contribution in [1.29, 1.82) is 0 Å². The summed E-state index contributed by atoms with van der Waals surface area (Å²) in [6.45, 7) is 1.38. The molecule has 3 heteroatoms. The van der Waals surface area contributed by atoms with Crippen molar-refractivity contribution in [1.82, 2.24) is 0 Å². The summed E-state index contributed by atoms with van der Waals surface area (Å²) in [7, 11) is 0. The van der Waals surface area contributed by atoms with Gasteiger partial charge in [0, 0.05) is 13.1 Å². The van der Waals surface area contributed by atoms with Crippen molar-refractivity contribution in [3.8, 4) is 0 Å². The fourth-order valence-corrected chi connectivity index (χ4v) is 0.865. The van der Waals surface area contributed by atoms with Crippen molar-refractivity contribution < 1.29 is 0 Å². The van der Waals surface area contributed by atoms with Gasteiger partial charge >= 0.3 is 0 Å². The summed E-state index contributed by atoms with van der Waals surface area (Å²) >= 11 is 0. The average molecular weight is 151 g/mol. The minimum absolute atomic E-state index is 0.619. The van der Waals surface area contributed by atoms with Crippen LogP contribution in [0.25, 0.3) is 0 Å². The first-order valence-corrected chi connectivity index (χ1v) is 3.63. The fourth-order valence-electron chi connectivity index (χ4n) is 0.865. The van der Waals surface area contributed by atoms with E-state index in [0.717, 1.165) is 17.9 Å². The van der Waals surface area contributed by atoms with E-state index in [-0.39, 0.29) is 0 Å². The third-order valence-corrected chi connectivity index (χ3v) is 1.42. The third kappa shape index (κ3) is 2.13. The van der Waals surface area contributed by atoms with Gasteiger partial charge in [-0.2, -0.15) is 0 Å². The lowest BCUT2D eigenvalue weighted by atomic mass is 10.3. The molecule has 0 aliphatic rings. The highest BCUT2D eigenvalue weighted by molar-refractivity contribution is 5.65. The molecule has 0 saturated heterocycles. The van der Waals surface area contributed by atoms with Gasteiger partial charge in [-0.15, -0.1) is 0 Å². The molecular formula is C8H13N3. The Bertz CT molecular complexity index is 222. The number of benzene rings is 1. The Morgan fingerprint density at radius 1 is 1.27 bits per heavy atom. The largest absolute Gasteiger partial charge is 0.397 e. The first kappa shape index (κ1) is 7.88. The Morgan fingerprint density at radius 2 is 2.00 bits per heavy atom. The minimum Gasteiger partial charge on any atom is -0.397 e. The van der Waals surface area contributed by atoms with E-state index in [9.17, 15) is 0 Å². The lowest BCUT2D eigenvalue weighted by Crippen LogP contribution is -2.13. The van der Waals surface area contributed by atoms with E-state index in [1.54, 1.807) is 0 Å². The molecule has 1 aromatic rings. The highest BCUT2D eigenvalue weighted by Crippen LogP contribution is 2.15. The van der Waals surface area contributed by atoms with Gasteiger partial charge in [0.25, 0.3) is 0 Å². The quantitative estimate of drug-likeness (QED) is 0.555. The van der Waals surface area contributed by atoms with Crippen LogP contribution in [0.1, 0.15) is 0 Å². The zero-order chi connectivity index (χ0) is 8.10. The molecule has 0 amide bonds. The summed E-state index contributed by atoms with van der Waals surface area (Å²) in [5.74, 6) is 0. The predicted octanol–water partition coefficient (Wildman–Crippen LogP) is 0.639. The molecule has 60 valence electrons. The van der Waals surface area contributed by atoms with Gasteiger partial charge in [0.15, 0.2) is 0 Å². The smallest absolute Gasteiger partial charge is 0.0574 e. The van der Waals surface area contributed by atoms with Crippen molar-refractivity contribution in [2.24, 2.45) is 5.73 Å². The van der Waals surface area contributed by atoms with Gasteiger partial charge in [-0.1, -0.05) is 12.1 Å². The second-order valence-electron chi connectivity index (χ2n) is 2.30. The molecule has 0 unspecified atom stereocenters. The Hall–Kier alpha value is -1.22. The van der Waals surface area contributed by atoms with Gasteiger partial charge in [-0.05, 0) is 12.1 Å².